The van der Waals surface area contributed by atoms with Crippen molar-refractivity contribution in [2.45, 2.75) is 13.0 Å². The van der Waals surface area contributed by atoms with Crippen LogP contribution in [0.15, 0.2) is 29.1 Å². The van der Waals surface area contributed by atoms with Crippen LogP contribution in [0.2, 0.25) is 0 Å². The molecule has 0 saturated heterocycles. The van der Waals surface area contributed by atoms with Crippen molar-refractivity contribution in [3.8, 4) is 0 Å². The monoisotopic (exact) mass is 205 g/mol. The molecule has 0 aliphatic heterocycles. The molecule has 2 rings (SSSR count). The van der Waals surface area contributed by atoms with Crippen LogP contribution in [-0.2, 0) is 7.05 Å². The number of hydrogen-bond acceptors (Lipinski definition) is 3. The smallest absolute Gasteiger partial charge is 0.130 e. The van der Waals surface area contributed by atoms with Gasteiger partial charge in [-0.15, -0.1) is 0 Å². The molecule has 2 aromatic heterocycles. The van der Waals surface area contributed by atoms with Crippen LogP contribution < -0.4 is 5.32 Å². The summed E-state index contributed by atoms with van der Waals surface area (Å²) in [5.41, 5.74) is 1.13. The Kier molecular flexibility index (Phi) is 2.60. The maximum Gasteiger partial charge on any atom is 0.130 e. The van der Waals surface area contributed by atoms with Crippen LogP contribution >= 0.6 is 0 Å². The minimum Gasteiger partial charge on any atom is -0.469 e. The van der Waals surface area contributed by atoms with Crippen molar-refractivity contribution in [2.75, 3.05) is 7.05 Å². The van der Waals surface area contributed by atoms with E-state index in [0.29, 0.717) is 0 Å². The van der Waals surface area contributed by atoms with E-state index in [1.54, 1.807) is 12.5 Å². The largest absolute Gasteiger partial charge is 0.469 e. The summed E-state index contributed by atoms with van der Waals surface area (Å²) in [6.07, 6.45) is 5.45. The number of hydrogen-bond donors (Lipinski definition) is 1. The van der Waals surface area contributed by atoms with Gasteiger partial charge in [-0.25, -0.2) is 4.98 Å². The minimum atomic E-state index is 0.0868. The van der Waals surface area contributed by atoms with Gasteiger partial charge in [0, 0.05) is 25.0 Å². The second kappa shape index (κ2) is 3.90. The summed E-state index contributed by atoms with van der Waals surface area (Å²) in [5, 5.41) is 3.25. The molecule has 1 atom stereocenters. The molecule has 0 spiro atoms. The lowest BCUT2D eigenvalue weighted by Gasteiger charge is -2.15. The van der Waals surface area contributed by atoms with Gasteiger partial charge in [-0.3, -0.25) is 0 Å². The van der Waals surface area contributed by atoms with Crippen molar-refractivity contribution in [1.29, 1.82) is 0 Å². The molecule has 0 amide bonds. The van der Waals surface area contributed by atoms with E-state index >= 15 is 0 Å². The molecular weight excluding hydrogens is 190 g/mol. The van der Waals surface area contributed by atoms with Gasteiger partial charge in [0.25, 0.3) is 0 Å². The summed E-state index contributed by atoms with van der Waals surface area (Å²) in [5.74, 6) is 1.92. The lowest BCUT2D eigenvalue weighted by atomic mass is 10.1. The van der Waals surface area contributed by atoms with Gasteiger partial charge >= 0.3 is 0 Å². The number of aryl methyl sites for hydroxylation is 2. The zero-order valence-corrected chi connectivity index (χ0v) is 9.19. The van der Waals surface area contributed by atoms with Gasteiger partial charge in [0.15, 0.2) is 0 Å². The second-order valence-corrected chi connectivity index (χ2v) is 3.55. The molecule has 0 aromatic carbocycles. The van der Waals surface area contributed by atoms with Crippen molar-refractivity contribution >= 4 is 0 Å². The van der Waals surface area contributed by atoms with E-state index in [4.69, 9.17) is 4.42 Å². The Morgan fingerprint density at radius 3 is 2.80 bits per heavy atom. The zero-order valence-electron chi connectivity index (χ0n) is 9.19. The average Bonchev–Trinajstić information content (AvgIpc) is 2.80. The van der Waals surface area contributed by atoms with E-state index in [1.165, 1.54) is 0 Å². The van der Waals surface area contributed by atoms with E-state index in [1.807, 2.05) is 37.8 Å². The fraction of sp³-hybridized carbons (Fsp3) is 0.364. The highest BCUT2D eigenvalue weighted by atomic mass is 16.3. The van der Waals surface area contributed by atoms with Crippen molar-refractivity contribution in [3.63, 3.8) is 0 Å². The molecular formula is C11H15N3O. The SMILES string of the molecule is CNC(c1ccoc1C)c1nccn1C. The van der Waals surface area contributed by atoms with Gasteiger partial charge in [0.1, 0.15) is 11.6 Å². The van der Waals surface area contributed by atoms with Crippen LogP contribution in [0, 0.1) is 6.92 Å². The number of imidazole rings is 1. The Labute approximate surface area is 88.9 Å². The molecule has 1 unspecified atom stereocenters. The summed E-state index contributed by atoms with van der Waals surface area (Å²) < 4.78 is 7.32. The number of nitrogens with one attached hydrogen (secondary N) is 1. The lowest BCUT2D eigenvalue weighted by Crippen LogP contribution is -2.21. The van der Waals surface area contributed by atoms with Crippen LogP contribution in [-0.4, -0.2) is 16.6 Å². The first-order valence-corrected chi connectivity index (χ1v) is 4.92. The molecule has 0 bridgehead atoms. The molecule has 0 aliphatic rings. The molecule has 2 aromatic rings. The Morgan fingerprint density at radius 2 is 2.33 bits per heavy atom. The van der Waals surface area contributed by atoms with Crippen LogP contribution in [0.25, 0.3) is 0 Å². The number of furan rings is 1. The van der Waals surface area contributed by atoms with Crippen LogP contribution in [0.1, 0.15) is 23.2 Å². The summed E-state index contributed by atoms with van der Waals surface area (Å²) in [7, 11) is 3.91. The van der Waals surface area contributed by atoms with Gasteiger partial charge < -0.3 is 14.3 Å². The number of nitrogens with zero attached hydrogens (tertiary/aromatic N) is 2. The molecule has 15 heavy (non-hydrogen) atoms. The van der Waals surface area contributed by atoms with E-state index in [2.05, 4.69) is 10.3 Å². The van der Waals surface area contributed by atoms with E-state index in [0.717, 1.165) is 17.1 Å². The predicted molar refractivity (Wildman–Crippen MR) is 57.6 cm³/mol. The van der Waals surface area contributed by atoms with Crippen LogP contribution in [0.3, 0.4) is 0 Å². The van der Waals surface area contributed by atoms with Crippen molar-refractivity contribution in [3.05, 3.63) is 41.9 Å². The first kappa shape index (κ1) is 9.98. The fourth-order valence-corrected chi connectivity index (χ4v) is 1.77. The van der Waals surface area contributed by atoms with Crippen molar-refractivity contribution in [2.24, 2.45) is 7.05 Å². The highest BCUT2D eigenvalue weighted by Gasteiger charge is 2.19. The third kappa shape index (κ3) is 1.68. The first-order chi connectivity index (χ1) is 7.24. The maximum absolute atomic E-state index is 5.31. The number of rotatable bonds is 3. The minimum absolute atomic E-state index is 0.0868. The molecule has 1 N–H and O–H groups in total. The molecule has 0 aliphatic carbocycles. The quantitative estimate of drug-likeness (QED) is 0.828. The molecule has 4 nitrogen and oxygen atoms in total. The molecule has 0 radical (unpaired) electrons. The highest BCUT2D eigenvalue weighted by Crippen LogP contribution is 2.23. The highest BCUT2D eigenvalue weighted by molar-refractivity contribution is 5.26. The van der Waals surface area contributed by atoms with Gasteiger partial charge in [-0.1, -0.05) is 0 Å². The Balaban J connectivity index is 2.41. The molecule has 4 heteroatoms. The summed E-state index contributed by atoms with van der Waals surface area (Å²) in [6.45, 7) is 1.96. The van der Waals surface area contributed by atoms with Gasteiger partial charge in [0.2, 0.25) is 0 Å². The standard InChI is InChI=1S/C11H15N3O/c1-8-9(4-7-15-8)10(12-2)11-13-5-6-14(11)3/h4-7,10,12H,1-3H3. The van der Waals surface area contributed by atoms with Crippen LogP contribution in [0.5, 0.6) is 0 Å². The first-order valence-electron chi connectivity index (χ1n) is 4.92. The van der Waals surface area contributed by atoms with Crippen molar-refractivity contribution in [1.82, 2.24) is 14.9 Å². The number of aromatic nitrogens is 2. The topological polar surface area (TPSA) is 43.0 Å². The molecule has 2 heterocycles. The zero-order chi connectivity index (χ0) is 10.8. The predicted octanol–water partition coefficient (Wildman–Crippen LogP) is 1.63. The fourth-order valence-electron chi connectivity index (χ4n) is 1.77. The summed E-state index contributed by atoms with van der Waals surface area (Å²) in [4.78, 5) is 4.34. The van der Waals surface area contributed by atoms with Crippen molar-refractivity contribution < 1.29 is 4.42 Å². The molecule has 0 saturated carbocycles. The van der Waals surface area contributed by atoms with E-state index in [9.17, 15) is 0 Å². The molecule has 0 fully saturated rings. The van der Waals surface area contributed by atoms with E-state index in [-0.39, 0.29) is 6.04 Å². The Bertz CT molecular complexity index is 404. The van der Waals surface area contributed by atoms with Crippen LogP contribution in [0.4, 0.5) is 0 Å². The Morgan fingerprint density at radius 1 is 1.53 bits per heavy atom. The van der Waals surface area contributed by atoms with Gasteiger partial charge in [-0.05, 0) is 20.0 Å². The Hall–Kier alpha value is -1.55. The average molecular weight is 205 g/mol. The third-order valence-electron chi connectivity index (χ3n) is 2.62. The molecule has 80 valence electrons. The lowest BCUT2D eigenvalue weighted by molar-refractivity contribution is 0.518. The summed E-state index contributed by atoms with van der Waals surface area (Å²) >= 11 is 0. The van der Waals surface area contributed by atoms with Gasteiger partial charge in [-0.2, -0.15) is 0 Å². The summed E-state index contributed by atoms with van der Waals surface area (Å²) in [6, 6.07) is 2.06. The van der Waals surface area contributed by atoms with Gasteiger partial charge in [0.05, 0.1) is 12.3 Å². The normalized spacial score (nSPS) is 13.0. The maximum atomic E-state index is 5.31. The second-order valence-electron chi connectivity index (χ2n) is 3.55. The third-order valence-corrected chi connectivity index (χ3v) is 2.62. The van der Waals surface area contributed by atoms with E-state index < -0.39 is 0 Å².